The lowest BCUT2D eigenvalue weighted by atomic mass is 9.93. The average molecular weight is 376 g/mol. The monoisotopic (exact) mass is 376 g/mol. The molecule has 1 fully saturated rings. The van der Waals surface area contributed by atoms with E-state index in [0.29, 0.717) is 6.42 Å². The van der Waals surface area contributed by atoms with Crippen LogP contribution < -0.4 is 0 Å². The number of ketones is 1. The van der Waals surface area contributed by atoms with Crippen LogP contribution in [0, 0.1) is 5.41 Å². The zero-order valence-electron chi connectivity index (χ0n) is 16.7. The van der Waals surface area contributed by atoms with Gasteiger partial charge >= 0.3 is 0 Å². The topological polar surface area (TPSA) is 35.5 Å². The summed E-state index contributed by atoms with van der Waals surface area (Å²) in [6.07, 6.45) is 3.07. The minimum Gasteiger partial charge on any atom is -0.352 e. The third-order valence-corrected chi connectivity index (χ3v) is 5.48. The van der Waals surface area contributed by atoms with Gasteiger partial charge in [-0.05, 0) is 46.9 Å². The van der Waals surface area contributed by atoms with E-state index in [-0.39, 0.29) is 17.5 Å². The number of carbonyl (C=O) groups is 1. The third kappa shape index (κ3) is 4.11. The van der Waals surface area contributed by atoms with E-state index < -0.39 is 0 Å². The van der Waals surface area contributed by atoms with Crippen molar-refractivity contribution < 1.29 is 14.3 Å². The van der Waals surface area contributed by atoms with Crippen LogP contribution in [0.3, 0.4) is 0 Å². The average Bonchev–Trinajstić information content (AvgIpc) is 2.71. The van der Waals surface area contributed by atoms with Crippen LogP contribution in [0.2, 0.25) is 0 Å². The largest absolute Gasteiger partial charge is 0.352 e. The molecule has 1 heterocycles. The van der Waals surface area contributed by atoms with Crippen LogP contribution in [0.1, 0.15) is 49.9 Å². The highest BCUT2D eigenvalue weighted by Gasteiger charge is 2.27. The van der Waals surface area contributed by atoms with Crippen LogP contribution in [0.15, 0.2) is 54.6 Å². The molecule has 0 radical (unpaired) electrons. The van der Waals surface area contributed by atoms with Gasteiger partial charge in [0, 0.05) is 17.4 Å². The number of fused-ring (bicyclic) bond motifs is 3. The van der Waals surface area contributed by atoms with Crippen molar-refractivity contribution in [1.82, 2.24) is 0 Å². The summed E-state index contributed by atoms with van der Waals surface area (Å²) in [6.45, 7) is 5.77. The Morgan fingerprint density at radius 1 is 0.929 bits per heavy atom. The molecule has 1 aliphatic heterocycles. The number of Topliss-reactive ketones (excluding diaryl/α,β-unsaturated/α-hetero) is 1. The molecule has 0 spiro atoms. The fourth-order valence-electron chi connectivity index (χ4n) is 3.91. The fraction of sp³-hybridized carbons (Fsp3) is 0.400. The van der Waals surface area contributed by atoms with Gasteiger partial charge in [0.1, 0.15) is 0 Å². The smallest absolute Gasteiger partial charge is 0.163 e. The normalized spacial score (nSPS) is 17.2. The van der Waals surface area contributed by atoms with E-state index in [9.17, 15) is 4.79 Å². The summed E-state index contributed by atoms with van der Waals surface area (Å²) in [7, 11) is 0. The molecule has 0 amide bonds. The summed E-state index contributed by atoms with van der Waals surface area (Å²) >= 11 is 0. The summed E-state index contributed by atoms with van der Waals surface area (Å²) in [4.78, 5) is 13.0. The molecule has 0 aromatic heterocycles. The Labute approximate surface area is 166 Å². The summed E-state index contributed by atoms with van der Waals surface area (Å²) in [5.41, 5.74) is 0.935. The first kappa shape index (κ1) is 19.1. The van der Waals surface area contributed by atoms with E-state index in [1.54, 1.807) is 0 Å². The summed E-state index contributed by atoms with van der Waals surface area (Å²) in [6, 6.07) is 18.5. The SMILES string of the molecule is CC1(C)COC(CCCCC(=O)c2cc3ccccc3c3ccccc23)OC1. The Balaban J connectivity index is 1.41. The number of benzene rings is 3. The van der Waals surface area contributed by atoms with Gasteiger partial charge in [-0.2, -0.15) is 0 Å². The second-order valence-corrected chi connectivity index (χ2v) is 8.58. The van der Waals surface area contributed by atoms with Gasteiger partial charge in [-0.3, -0.25) is 4.79 Å². The predicted molar refractivity (Wildman–Crippen MR) is 114 cm³/mol. The van der Waals surface area contributed by atoms with Crippen molar-refractivity contribution in [3.8, 4) is 0 Å². The van der Waals surface area contributed by atoms with Gasteiger partial charge in [-0.25, -0.2) is 0 Å². The van der Waals surface area contributed by atoms with E-state index >= 15 is 0 Å². The number of hydrogen-bond acceptors (Lipinski definition) is 3. The molecule has 28 heavy (non-hydrogen) atoms. The Bertz CT molecular complexity index is 979. The molecule has 146 valence electrons. The molecule has 3 heteroatoms. The Kier molecular flexibility index (Phi) is 5.47. The van der Waals surface area contributed by atoms with Crippen LogP contribution in [0.5, 0.6) is 0 Å². The number of hydrogen-bond donors (Lipinski definition) is 0. The van der Waals surface area contributed by atoms with Crippen molar-refractivity contribution in [3.05, 3.63) is 60.2 Å². The molecule has 1 saturated heterocycles. The second-order valence-electron chi connectivity index (χ2n) is 8.58. The number of carbonyl (C=O) groups excluding carboxylic acids is 1. The highest BCUT2D eigenvalue weighted by atomic mass is 16.7. The molecule has 3 nitrogen and oxygen atoms in total. The van der Waals surface area contributed by atoms with Gasteiger partial charge in [-0.15, -0.1) is 0 Å². The molecule has 0 N–H and O–H groups in total. The van der Waals surface area contributed by atoms with Gasteiger partial charge in [-0.1, -0.05) is 62.4 Å². The van der Waals surface area contributed by atoms with Crippen LogP contribution in [0.25, 0.3) is 21.5 Å². The van der Waals surface area contributed by atoms with Crippen LogP contribution in [-0.4, -0.2) is 25.3 Å². The first-order valence-electron chi connectivity index (χ1n) is 10.2. The van der Waals surface area contributed by atoms with Crippen molar-refractivity contribution in [3.63, 3.8) is 0 Å². The highest BCUT2D eigenvalue weighted by Crippen LogP contribution is 2.30. The standard InChI is InChI=1S/C25H28O3/c1-25(2)16-27-24(28-17-25)14-8-7-13-23(26)22-15-18-9-3-4-10-19(18)20-11-5-6-12-21(20)22/h3-6,9-12,15,24H,7-8,13-14,16-17H2,1-2H3. The van der Waals surface area contributed by atoms with Crippen molar-refractivity contribution in [2.45, 2.75) is 45.8 Å². The molecular weight excluding hydrogens is 348 g/mol. The van der Waals surface area contributed by atoms with Gasteiger partial charge in [0.2, 0.25) is 0 Å². The maximum atomic E-state index is 13.0. The quantitative estimate of drug-likeness (QED) is 0.295. The number of rotatable bonds is 6. The van der Waals surface area contributed by atoms with Crippen molar-refractivity contribution in [1.29, 1.82) is 0 Å². The van der Waals surface area contributed by atoms with E-state index in [1.807, 2.05) is 24.3 Å². The zero-order chi connectivity index (χ0) is 19.6. The minimum atomic E-state index is -0.121. The second kappa shape index (κ2) is 8.02. The van der Waals surface area contributed by atoms with E-state index in [2.05, 4.69) is 44.2 Å². The molecule has 3 aromatic carbocycles. The summed E-state index contributed by atoms with van der Waals surface area (Å²) in [5.74, 6) is 0.216. The summed E-state index contributed by atoms with van der Waals surface area (Å²) in [5, 5.41) is 4.52. The number of unbranched alkanes of at least 4 members (excludes halogenated alkanes) is 1. The van der Waals surface area contributed by atoms with Crippen molar-refractivity contribution >= 4 is 27.3 Å². The Morgan fingerprint density at radius 2 is 1.57 bits per heavy atom. The van der Waals surface area contributed by atoms with Crippen LogP contribution in [-0.2, 0) is 9.47 Å². The van der Waals surface area contributed by atoms with E-state index in [1.165, 1.54) is 5.39 Å². The van der Waals surface area contributed by atoms with Crippen LogP contribution in [0.4, 0.5) is 0 Å². The molecule has 0 unspecified atom stereocenters. The van der Waals surface area contributed by atoms with Crippen molar-refractivity contribution in [2.24, 2.45) is 5.41 Å². The Hall–Kier alpha value is -2.23. The first-order chi connectivity index (χ1) is 13.5. The minimum absolute atomic E-state index is 0.101. The van der Waals surface area contributed by atoms with E-state index in [0.717, 1.165) is 54.2 Å². The lowest BCUT2D eigenvalue weighted by Crippen LogP contribution is -2.37. The molecule has 1 aliphatic rings. The third-order valence-electron chi connectivity index (χ3n) is 5.48. The molecule has 0 aliphatic carbocycles. The molecule has 0 bridgehead atoms. The molecule has 0 atom stereocenters. The molecule has 3 aromatic rings. The Morgan fingerprint density at radius 3 is 2.32 bits per heavy atom. The predicted octanol–water partition coefficient (Wildman–Crippen LogP) is 6.14. The highest BCUT2D eigenvalue weighted by molar-refractivity contribution is 6.17. The maximum absolute atomic E-state index is 13.0. The zero-order valence-corrected chi connectivity index (χ0v) is 16.7. The van der Waals surface area contributed by atoms with Gasteiger partial charge in [0.05, 0.1) is 13.2 Å². The maximum Gasteiger partial charge on any atom is 0.163 e. The number of ether oxygens (including phenoxy) is 2. The molecule has 4 rings (SSSR count). The molecule has 0 saturated carbocycles. The van der Waals surface area contributed by atoms with Gasteiger partial charge in [0.25, 0.3) is 0 Å². The van der Waals surface area contributed by atoms with Gasteiger partial charge in [0.15, 0.2) is 12.1 Å². The fourth-order valence-corrected chi connectivity index (χ4v) is 3.91. The first-order valence-corrected chi connectivity index (χ1v) is 10.2. The van der Waals surface area contributed by atoms with Crippen molar-refractivity contribution in [2.75, 3.05) is 13.2 Å². The van der Waals surface area contributed by atoms with Crippen LogP contribution >= 0.6 is 0 Å². The summed E-state index contributed by atoms with van der Waals surface area (Å²) < 4.78 is 11.6. The lowest BCUT2D eigenvalue weighted by molar-refractivity contribution is -0.224. The van der Waals surface area contributed by atoms with E-state index in [4.69, 9.17) is 9.47 Å². The lowest BCUT2D eigenvalue weighted by Gasteiger charge is -2.34. The molecular formula is C25H28O3. The van der Waals surface area contributed by atoms with Gasteiger partial charge < -0.3 is 9.47 Å².